The first-order chi connectivity index (χ1) is 4.69. The van der Waals surface area contributed by atoms with Gasteiger partial charge in [0.15, 0.2) is 0 Å². The van der Waals surface area contributed by atoms with Crippen LogP contribution in [-0.4, -0.2) is 12.4 Å². The van der Waals surface area contributed by atoms with E-state index < -0.39 is 24.7 Å². The van der Waals surface area contributed by atoms with Crippen molar-refractivity contribution in [2.45, 2.75) is 18.8 Å². The molecule has 0 aliphatic rings. The Morgan fingerprint density at radius 3 is 1.17 bits per heavy atom. The largest absolute Gasteiger partial charge is 0.397 e. The van der Waals surface area contributed by atoms with Gasteiger partial charge in [-0.05, 0) is 0 Å². The van der Waals surface area contributed by atoms with E-state index in [4.69, 9.17) is 0 Å². The number of hydrogen-bond acceptors (Lipinski definition) is 0. The molecule has 0 aliphatic heterocycles. The first-order valence-corrected chi connectivity index (χ1v) is 2.62. The van der Waals surface area contributed by atoms with Crippen LogP contribution in [0.4, 0.5) is 26.3 Å². The van der Waals surface area contributed by atoms with E-state index >= 15 is 0 Å². The zero-order valence-electron chi connectivity index (χ0n) is 5.76. The van der Waals surface area contributed by atoms with E-state index in [-0.39, 0.29) is 31.1 Å². The van der Waals surface area contributed by atoms with Crippen LogP contribution >= 0.6 is 0 Å². The van der Waals surface area contributed by atoms with Gasteiger partial charge in [-0.15, -0.1) is 0 Å². The molecule has 0 rings (SSSR count). The number of rotatable bonds is 1. The molecule has 0 amide bonds. The molecule has 0 atom stereocenters. The first kappa shape index (κ1) is 15.1. The van der Waals surface area contributed by atoms with Gasteiger partial charge < -0.3 is 6.92 Å². The van der Waals surface area contributed by atoms with Gasteiger partial charge in [0.05, 0.1) is 0 Å². The van der Waals surface area contributed by atoms with Gasteiger partial charge in [-0.25, -0.2) is 0 Å². The Morgan fingerprint density at radius 1 is 0.917 bits per heavy atom. The fourth-order valence-electron chi connectivity index (χ4n) is 0.513. The van der Waals surface area contributed by atoms with Crippen LogP contribution in [0.25, 0.3) is 0 Å². The summed E-state index contributed by atoms with van der Waals surface area (Å²) in [5.74, 6) is -3.30. The quantitative estimate of drug-likeness (QED) is 0.455. The SMILES string of the molecule is [CH2-]CC(C(F)(F)F)C(F)(F)F.[U]. The van der Waals surface area contributed by atoms with Gasteiger partial charge in [0.1, 0.15) is 5.92 Å². The van der Waals surface area contributed by atoms with Gasteiger partial charge in [-0.1, -0.05) is 0 Å². The van der Waals surface area contributed by atoms with Crippen molar-refractivity contribution in [3.05, 3.63) is 6.92 Å². The van der Waals surface area contributed by atoms with E-state index in [0.717, 1.165) is 0 Å². The van der Waals surface area contributed by atoms with Gasteiger partial charge in [0.25, 0.3) is 0 Å². The molecule has 0 radical (unpaired) electrons. The minimum absolute atomic E-state index is 0. The molecule has 0 spiro atoms. The average molecular weight is 417 g/mol. The van der Waals surface area contributed by atoms with Crippen molar-refractivity contribution in [2.24, 2.45) is 5.92 Å². The van der Waals surface area contributed by atoms with Crippen molar-refractivity contribution in [1.29, 1.82) is 0 Å². The van der Waals surface area contributed by atoms with Crippen LogP contribution < -0.4 is 0 Å². The summed E-state index contributed by atoms with van der Waals surface area (Å²) in [6, 6.07) is 0. The van der Waals surface area contributed by atoms with E-state index in [2.05, 4.69) is 6.92 Å². The van der Waals surface area contributed by atoms with Gasteiger partial charge in [-0.3, -0.25) is 0 Å². The predicted molar refractivity (Wildman–Crippen MR) is 25.6 cm³/mol. The van der Waals surface area contributed by atoms with Crippen molar-refractivity contribution in [2.75, 3.05) is 0 Å². The molecular weight excluding hydrogens is 412 g/mol. The van der Waals surface area contributed by atoms with Crippen molar-refractivity contribution in [1.82, 2.24) is 0 Å². The Balaban J connectivity index is 0. The molecule has 0 heterocycles. The Bertz CT molecular complexity index is 111. The molecule has 0 aromatic heterocycles. The minimum Gasteiger partial charge on any atom is -0.342 e. The third kappa shape index (κ3) is 4.61. The van der Waals surface area contributed by atoms with Crippen LogP contribution in [0.3, 0.4) is 0 Å². The van der Waals surface area contributed by atoms with Crippen LogP contribution in [0.15, 0.2) is 0 Å². The summed E-state index contributed by atoms with van der Waals surface area (Å²) in [5, 5.41) is 0. The predicted octanol–water partition coefficient (Wildman–Crippen LogP) is 2.95. The molecule has 0 aromatic rings. The van der Waals surface area contributed by atoms with Crippen LogP contribution in [0.1, 0.15) is 6.42 Å². The summed E-state index contributed by atoms with van der Waals surface area (Å²) < 4.78 is 68.7. The van der Waals surface area contributed by atoms with E-state index in [1.807, 2.05) is 0 Å². The molecule has 72 valence electrons. The maximum Gasteiger partial charge on any atom is 0.397 e. The zero-order chi connectivity index (χ0) is 9.28. The monoisotopic (exact) mass is 417 g/mol. The standard InChI is InChI=1S/C5H5F6.U/c1-2-3(4(6,7)8)5(9,10)11;/h3H,1-2H2;/q-1;. The maximum absolute atomic E-state index is 11.5. The molecule has 0 bridgehead atoms. The van der Waals surface area contributed by atoms with Crippen molar-refractivity contribution in [3.8, 4) is 0 Å². The van der Waals surface area contributed by atoms with Crippen LogP contribution in [0.2, 0.25) is 0 Å². The minimum atomic E-state index is -5.24. The molecule has 0 fully saturated rings. The fraction of sp³-hybridized carbons (Fsp3) is 0.800. The smallest absolute Gasteiger partial charge is 0.342 e. The molecule has 0 nitrogen and oxygen atoms in total. The molecule has 0 aliphatic carbocycles. The van der Waals surface area contributed by atoms with Gasteiger partial charge >= 0.3 is 12.4 Å². The summed E-state index contributed by atoms with van der Waals surface area (Å²) >= 11 is 0. The van der Waals surface area contributed by atoms with Crippen molar-refractivity contribution in [3.63, 3.8) is 0 Å². The van der Waals surface area contributed by atoms with E-state index in [1.54, 1.807) is 0 Å². The number of halogens is 6. The Hall–Kier alpha value is 0.632. The number of hydrogen-bond donors (Lipinski definition) is 0. The molecule has 0 N–H and O–H groups in total. The van der Waals surface area contributed by atoms with Crippen LogP contribution in [0.5, 0.6) is 0 Å². The summed E-state index contributed by atoms with van der Waals surface area (Å²) in [6.07, 6.45) is -11.7. The molecule has 7 heteroatoms. The van der Waals surface area contributed by atoms with Crippen LogP contribution in [-0.2, 0) is 0 Å². The molecule has 0 saturated carbocycles. The number of alkyl halides is 6. The van der Waals surface area contributed by atoms with E-state index in [0.29, 0.717) is 0 Å². The first-order valence-electron chi connectivity index (χ1n) is 2.62. The summed E-state index contributed by atoms with van der Waals surface area (Å²) in [6.45, 7) is 2.58. The third-order valence-corrected chi connectivity index (χ3v) is 1.08. The normalized spacial score (nSPS) is 13.0. The second-order valence-corrected chi connectivity index (χ2v) is 1.92. The Labute approximate surface area is 89.1 Å². The van der Waals surface area contributed by atoms with Gasteiger partial charge in [-0.2, -0.15) is 32.8 Å². The summed E-state index contributed by atoms with van der Waals surface area (Å²) in [4.78, 5) is 0. The summed E-state index contributed by atoms with van der Waals surface area (Å²) in [5.41, 5.74) is 0. The van der Waals surface area contributed by atoms with E-state index in [9.17, 15) is 26.3 Å². The third-order valence-electron chi connectivity index (χ3n) is 1.08. The van der Waals surface area contributed by atoms with Gasteiger partial charge in [0.2, 0.25) is 0 Å². The van der Waals surface area contributed by atoms with Crippen molar-refractivity contribution < 1.29 is 57.5 Å². The fourth-order valence-corrected chi connectivity index (χ4v) is 0.513. The topological polar surface area (TPSA) is 0 Å². The molecule has 0 aromatic carbocycles. The Kier molecular flexibility index (Phi) is 5.99. The van der Waals surface area contributed by atoms with Gasteiger partial charge in [0, 0.05) is 31.1 Å². The second kappa shape index (κ2) is 4.75. The van der Waals surface area contributed by atoms with E-state index in [1.165, 1.54) is 0 Å². The molecule has 12 heavy (non-hydrogen) atoms. The van der Waals surface area contributed by atoms with Crippen LogP contribution in [0, 0.1) is 44.0 Å². The maximum atomic E-state index is 11.5. The molecular formula is C5H5F6U-. The second-order valence-electron chi connectivity index (χ2n) is 1.92. The summed E-state index contributed by atoms with van der Waals surface area (Å²) in [7, 11) is 0. The molecule has 0 saturated heterocycles. The Morgan fingerprint density at radius 2 is 1.17 bits per heavy atom. The van der Waals surface area contributed by atoms with Crippen molar-refractivity contribution >= 4 is 0 Å². The molecule has 0 unspecified atom stereocenters. The average Bonchev–Trinajstić information content (AvgIpc) is 1.56. The zero-order valence-corrected chi connectivity index (χ0v) is 9.92.